The SMILES string of the molecule is Fc1ccc(OCCC(Cn2ccnc2)c2ccc(F)cc2)cc1. The first kappa shape index (κ1) is 16.2. The number of halogens is 2. The molecule has 3 aromatic rings. The van der Waals surface area contributed by atoms with Gasteiger partial charge in [0.2, 0.25) is 0 Å². The van der Waals surface area contributed by atoms with Gasteiger partial charge in [0, 0.05) is 24.9 Å². The molecule has 0 aliphatic carbocycles. The predicted molar refractivity (Wildman–Crippen MR) is 87.9 cm³/mol. The van der Waals surface area contributed by atoms with Gasteiger partial charge < -0.3 is 9.30 Å². The van der Waals surface area contributed by atoms with Crippen molar-refractivity contribution >= 4 is 0 Å². The standard InChI is InChI=1S/C19H18F2N2O/c20-17-3-1-15(2-4-17)16(13-23-11-10-22-14-23)9-12-24-19-7-5-18(21)6-8-19/h1-8,10-11,14,16H,9,12-13H2. The molecule has 0 radical (unpaired) electrons. The molecule has 0 amide bonds. The first-order valence-electron chi connectivity index (χ1n) is 7.80. The second kappa shape index (κ2) is 7.73. The van der Waals surface area contributed by atoms with Crippen molar-refractivity contribution in [2.45, 2.75) is 18.9 Å². The van der Waals surface area contributed by atoms with Gasteiger partial charge in [-0.05, 0) is 48.4 Å². The molecule has 1 unspecified atom stereocenters. The fourth-order valence-corrected chi connectivity index (χ4v) is 2.60. The largest absolute Gasteiger partial charge is 0.494 e. The van der Waals surface area contributed by atoms with Gasteiger partial charge in [0.05, 0.1) is 12.9 Å². The minimum Gasteiger partial charge on any atom is -0.494 e. The summed E-state index contributed by atoms with van der Waals surface area (Å²) in [5.41, 5.74) is 1.05. The number of benzene rings is 2. The maximum Gasteiger partial charge on any atom is 0.123 e. The summed E-state index contributed by atoms with van der Waals surface area (Å²) in [5.74, 6) is 0.270. The Morgan fingerprint density at radius 2 is 1.62 bits per heavy atom. The number of hydrogen-bond donors (Lipinski definition) is 0. The second-order valence-electron chi connectivity index (χ2n) is 5.60. The van der Waals surface area contributed by atoms with Crippen molar-refractivity contribution in [2.75, 3.05) is 6.61 Å². The molecule has 3 rings (SSSR count). The normalized spacial score (nSPS) is 12.1. The molecule has 0 saturated heterocycles. The monoisotopic (exact) mass is 328 g/mol. The lowest BCUT2D eigenvalue weighted by atomic mass is 9.96. The van der Waals surface area contributed by atoms with Crippen LogP contribution in [0.3, 0.4) is 0 Å². The Balaban J connectivity index is 1.65. The Bertz CT molecular complexity index is 740. The predicted octanol–water partition coefficient (Wildman–Crippen LogP) is 4.41. The Morgan fingerprint density at radius 1 is 0.958 bits per heavy atom. The van der Waals surface area contributed by atoms with Crippen LogP contribution in [-0.2, 0) is 6.54 Å². The quantitative estimate of drug-likeness (QED) is 0.642. The zero-order valence-corrected chi connectivity index (χ0v) is 13.1. The van der Waals surface area contributed by atoms with Gasteiger partial charge in [-0.3, -0.25) is 0 Å². The third-order valence-corrected chi connectivity index (χ3v) is 3.88. The molecule has 2 aromatic carbocycles. The van der Waals surface area contributed by atoms with Gasteiger partial charge in [-0.15, -0.1) is 0 Å². The van der Waals surface area contributed by atoms with Crippen molar-refractivity contribution in [2.24, 2.45) is 0 Å². The third kappa shape index (κ3) is 4.41. The van der Waals surface area contributed by atoms with E-state index in [1.165, 1.54) is 24.3 Å². The summed E-state index contributed by atoms with van der Waals surface area (Å²) in [6.07, 6.45) is 6.15. The van der Waals surface area contributed by atoms with Crippen LogP contribution < -0.4 is 4.74 Å². The number of aromatic nitrogens is 2. The maximum atomic E-state index is 13.2. The zero-order valence-electron chi connectivity index (χ0n) is 13.1. The van der Waals surface area contributed by atoms with E-state index in [1.807, 2.05) is 10.8 Å². The topological polar surface area (TPSA) is 27.1 Å². The van der Waals surface area contributed by atoms with Gasteiger partial charge in [0.15, 0.2) is 0 Å². The average molecular weight is 328 g/mol. The summed E-state index contributed by atoms with van der Waals surface area (Å²) in [6.45, 7) is 1.22. The lowest BCUT2D eigenvalue weighted by molar-refractivity contribution is 0.290. The van der Waals surface area contributed by atoms with Crippen LogP contribution >= 0.6 is 0 Å². The Hall–Kier alpha value is -2.69. The highest BCUT2D eigenvalue weighted by atomic mass is 19.1. The molecule has 0 aliphatic heterocycles. The molecule has 0 aliphatic rings. The molecule has 0 fully saturated rings. The van der Waals surface area contributed by atoms with Gasteiger partial charge in [0.1, 0.15) is 17.4 Å². The maximum absolute atomic E-state index is 13.2. The lowest BCUT2D eigenvalue weighted by Gasteiger charge is -2.18. The van der Waals surface area contributed by atoms with Crippen LogP contribution in [0.2, 0.25) is 0 Å². The van der Waals surface area contributed by atoms with Crippen LogP contribution in [0.15, 0.2) is 67.3 Å². The van der Waals surface area contributed by atoms with Crippen molar-refractivity contribution in [3.63, 3.8) is 0 Å². The summed E-state index contributed by atoms with van der Waals surface area (Å²) in [7, 11) is 0. The van der Waals surface area contributed by atoms with Crippen molar-refractivity contribution in [1.29, 1.82) is 0 Å². The molecule has 0 spiro atoms. The molecule has 0 saturated carbocycles. The van der Waals surface area contributed by atoms with Gasteiger partial charge >= 0.3 is 0 Å². The van der Waals surface area contributed by atoms with Crippen molar-refractivity contribution in [1.82, 2.24) is 9.55 Å². The molecule has 5 heteroatoms. The third-order valence-electron chi connectivity index (χ3n) is 3.88. The number of nitrogens with zero attached hydrogens (tertiary/aromatic N) is 2. The Labute approximate surface area is 139 Å². The Kier molecular flexibility index (Phi) is 5.21. The van der Waals surface area contributed by atoms with Crippen molar-refractivity contribution in [3.8, 4) is 5.75 Å². The van der Waals surface area contributed by atoms with E-state index in [0.29, 0.717) is 12.4 Å². The van der Waals surface area contributed by atoms with Gasteiger partial charge in [-0.1, -0.05) is 12.1 Å². The highest BCUT2D eigenvalue weighted by molar-refractivity contribution is 5.23. The van der Waals surface area contributed by atoms with Crippen LogP contribution in [0.4, 0.5) is 8.78 Å². The van der Waals surface area contributed by atoms with E-state index < -0.39 is 0 Å². The number of rotatable bonds is 7. The van der Waals surface area contributed by atoms with E-state index in [-0.39, 0.29) is 17.6 Å². The van der Waals surface area contributed by atoms with Crippen LogP contribution in [0.25, 0.3) is 0 Å². The van der Waals surface area contributed by atoms with E-state index in [9.17, 15) is 8.78 Å². The van der Waals surface area contributed by atoms with Crippen LogP contribution in [-0.4, -0.2) is 16.2 Å². The average Bonchev–Trinajstić information content (AvgIpc) is 3.10. The van der Waals surface area contributed by atoms with Gasteiger partial charge in [-0.25, -0.2) is 13.8 Å². The Morgan fingerprint density at radius 3 is 2.25 bits per heavy atom. The molecule has 3 nitrogen and oxygen atoms in total. The second-order valence-corrected chi connectivity index (χ2v) is 5.60. The van der Waals surface area contributed by atoms with Crippen LogP contribution in [0.1, 0.15) is 17.9 Å². The smallest absolute Gasteiger partial charge is 0.123 e. The molecule has 24 heavy (non-hydrogen) atoms. The number of ether oxygens (including phenoxy) is 1. The summed E-state index contributed by atoms with van der Waals surface area (Å²) >= 11 is 0. The van der Waals surface area contributed by atoms with E-state index in [1.54, 1.807) is 36.8 Å². The summed E-state index contributed by atoms with van der Waals surface area (Å²) in [4.78, 5) is 4.06. The zero-order chi connectivity index (χ0) is 16.8. The van der Waals surface area contributed by atoms with E-state index in [0.717, 1.165) is 18.5 Å². The minimum atomic E-state index is -0.286. The van der Waals surface area contributed by atoms with Gasteiger partial charge in [-0.2, -0.15) is 0 Å². The van der Waals surface area contributed by atoms with Crippen molar-refractivity contribution in [3.05, 3.63) is 84.4 Å². The molecule has 1 heterocycles. The molecule has 124 valence electrons. The number of hydrogen-bond acceptors (Lipinski definition) is 2. The first-order chi connectivity index (χ1) is 11.7. The van der Waals surface area contributed by atoms with E-state index in [4.69, 9.17) is 4.74 Å². The number of imidazole rings is 1. The minimum absolute atomic E-state index is 0.167. The summed E-state index contributed by atoms with van der Waals surface area (Å²) < 4.78 is 33.8. The molecule has 1 atom stereocenters. The summed E-state index contributed by atoms with van der Waals surface area (Å²) in [5, 5.41) is 0. The van der Waals surface area contributed by atoms with E-state index >= 15 is 0 Å². The fraction of sp³-hybridized carbons (Fsp3) is 0.211. The summed E-state index contributed by atoms with van der Waals surface area (Å²) in [6, 6.07) is 12.5. The lowest BCUT2D eigenvalue weighted by Crippen LogP contribution is -2.12. The van der Waals surface area contributed by atoms with Crippen molar-refractivity contribution < 1.29 is 13.5 Å². The molecule has 1 aromatic heterocycles. The first-order valence-corrected chi connectivity index (χ1v) is 7.80. The molecule has 0 bridgehead atoms. The van der Waals surface area contributed by atoms with Crippen LogP contribution in [0.5, 0.6) is 5.75 Å². The highest BCUT2D eigenvalue weighted by Crippen LogP contribution is 2.23. The molecular weight excluding hydrogens is 310 g/mol. The van der Waals surface area contributed by atoms with E-state index in [2.05, 4.69) is 4.98 Å². The highest BCUT2D eigenvalue weighted by Gasteiger charge is 2.13. The van der Waals surface area contributed by atoms with Gasteiger partial charge in [0.25, 0.3) is 0 Å². The van der Waals surface area contributed by atoms with Crippen LogP contribution in [0, 0.1) is 11.6 Å². The molecular formula is C19H18F2N2O. The fourth-order valence-electron chi connectivity index (χ4n) is 2.60. The molecule has 0 N–H and O–H groups in total.